The Morgan fingerprint density at radius 1 is 1.02 bits per heavy atom. The predicted molar refractivity (Wildman–Crippen MR) is 165 cm³/mol. The molecule has 1 unspecified atom stereocenters. The van der Waals surface area contributed by atoms with Gasteiger partial charge in [-0.3, -0.25) is 9.59 Å². The van der Waals surface area contributed by atoms with E-state index in [4.69, 9.17) is 32.7 Å². The third-order valence-corrected chi connectivity index (χ3v) is 6.59. The number of ether oxygens (including phenoxy) is 2. The number of rotatable bonds is 14. The first-order valence-electron chi connectivity index (χ1n) is 13.4. The van der Waals surface area contributed by atoms with Crippen molar-refractivity contribution in [3.63, 3.8) is 0 Å². The predicted octanol–water partition coefficient (Wildman–Crippen LogP) is 6.99. The molecule has 0 heterocycles. The number of hydrogen-bond acceptors (Lipinski definition) is 5. The number of amides is 2. The summed E-state index contributed by atoms with van der Waals surface area (Å²) < 4.78 is 12.1. The second-order valence-corrected chi connectivity index (χ2v) is 10.6. The Morgan fingerprint density at radius 3 is 2.41 bits per heavy atom. The molecular formula is C32H35Cl2N3O4. The van der Waals surface area contributed by atoms with Gasteiger partial charge in [-0.25, -0.2) is 5.43 Å². The van der Waals surface area contributed by atoms with Gasteiger partial charge < -0.3 is 14.8 Å². The normalized spacial score (nSPS) is 11.8. The number of nitrogens with one attached hydrogen (secondary N) is 2. The number of allylic oxidation sites excluding steroid dienone is 1. The van der Waals surface area contributed by atoms with Crippen LogP contribution in [0.5, 0.6) is 11.5 Å². The molecule has 2 N–H and O–H groups in total. The minimum atomic E-state index is -0.772. The highest BCUT2D eigenvalue weighted by molar-refractivity contribution is 6.31. The molecule has 1 atom stereocenters. The van der Waals surface area contributed by atoms with Gasteiger partial charge in [0.05, 0.1) is 12.8 Å². The lowest BCUT2D eigenvalue weighted by Crippen LogP contribution is -2.46. The number of halogens is 2. The van der Waals surface area contributed by atoms with Crippen LogP contribution in [0.3, 0.4) is 0 Å². The largest absolute Gasteiger partial charge is 0.490 e. The van der Waals surface area contributed by atoms with E-state index in [-0.39, 0.29) is 18.4 Å². The summed E-state index contributed by atoms with van der Waals surface area (Å²) in [6.45, 7) is 10.4. The van der Waals surface area contributed by atoms with Crippen molar-refractivity contribution in [2.24, 2.45) is 11.0 Å². The second-order valence-electron chi connectivity index (χ2n) is 9.71. The minimum absolute atomic E-state index is 0.161. The highest BCUT2D eigenvalue weighted by atomic mass is 35.5. The Bertz CT molecular complexity index is 1370. The standard InChI is InChI=1S/C32H35Cl2N3O4/c1-5-9-24-17-22(18-29(40-6-2)30(24)41-20-25-10-7-8-11-27(25)34)19-35-37-32(39)28(16-21(3)4)36-31(38)23-12-14-26(33)15-13-23/h5,7-8,10-15,17-19,21,28H,1,6,9,16,20H2,2-4H3,(H,36,38)(H,37,39)/b35-19+. The van der Waals surface area contributed by atoms with Crippen molar-refractivity contribution < 1.29 is 19.1 Å². The lowest BCUT2D eigenvalue weighted by molar-refractivity contribution is -0.123. The summed E-state index contributed by atoms with van der Waals surface area (Å²) in [5, 5.41) is 8.11. The molecule has 3 aromatic carbocycles. The molecule has 0 fully saturated rings. The van der Waals surface area contributed by atoms with Gasteiger partial charge in [-0.05, 0) is 73.7 Å². The summed E-state index contributed by atoms with van der Waals surface area (Å²) in [4.78, 5) is 25.7. The Hall–Kier alpha value is -3.81. The van der Waals surface area contributed by atoms with Crippen LogP contribution in [-0.4, -0.2) is 30.7 Å². The molecule has 0 saturated carbocycles. The molecule has 0 aromatic heterocycles. The molecule has 0 spiro atoms. The fraction of sp³-hybridized carbons (Fsp3) is 0.281. The van der Waals surface area contributed by atoms with Gasteiger partial charge >= 0.3 is 0 Å². The quantitative estimate of drug-likeness (QED) is 0.119. The Labute approximate surface area is 251 Å². The number of carbonyl (C=O) groups excluding carboxylic acids is 2. The van der Waals surface area contributed by atoms with Gasteiger partial charge in [-0.2, -0.15) is 5.10 Å². The van der Waals surface area contributed by atoms with Crippen LogP contribution in [0, 0.1) is 5.92 Å². The highest BCUT2D eigenvalue weighted by Crippen LogP contribution is 2.34. The van der Waals surface area contributed by atoms with Crippen LogP contribution in [0.4, 0.5) is 0 Å². The molecule has 7 nitrogen and oxygen atoms in total. The Kier molecular flexibility index (Phi) is 12.3. The number of benzene rings is 3. The van der Waals surface area contributed by atoms with Gasteiger partial charge in [0, 0.05) is 26.7 Å². The average Bonchev–Trinajstić information content (AvgIpc) is 2.93. The van der Waals surface area contributed by atoms with E-state index in [1.165, 1.54) is 6.21 Å². The van der Waals surface area contributed by atoms with Gasteiger partial charge in [0.2, 0.25) is 0 Å². The van der Waals surface area contributed by atoms with E-state index < -0.39 is 11.9 Å². The molecule has 9 heteroatoms. The van der Waals surface area contributed by atoms with Crippen molar-refractivity contribution in [3.8, 4) is 11.5 Å². The molecule has 3 rings (SSSR count). The molecule has 0 aliphatic heterocycles. The molecule has 0 aliphatic rings. The second kappa shape index (κ2) is 15.8. The molecule has 216 valence electrons. The number of hydrogen-bond donors (Lipinski definition) is 2. The SMILES string of the molecule is C=CCc1cc(/C=N/NC(=O)C(CC(C)C)NC(=O)c2ccc(Cl)cc2)cc(OCC)c1OCc1ccccc1Cl. The maximum Gasteiger partial charge on any atom is 0.262 e. The van der Waals surface area contributed by atoms with E-state index in [9.17, 15) is 9.59 Å². The van der Waals surface area contributed by atoms with Crippen LogP contribution in [0.1, 0.15) is 54.2 Å². The first kappa shape index (κ1) is 31.7. The topological polar surface area (TPSA) is 89.0 Å². The van der Waals surface area contributed by atoms with E-state index in [0.717, 1.165) is 11.1 Å². The number of nitrogens with zero attached hydrogens (tertiary/aromatic N) is 1. The summed E-state index contributed by atoms with van der Waals surface area (Å²) in [7, 11) is 0. The highest BCUT2D eigenvalue weighted by Gasteiger charge is 2.22. The fourth-order valence-corrected chi connectivity index (χ4v) is 4.37. The van der Waals surface area contributed by atoms with Crippen molar-refractivity contribution in [2.75, 3.05) is 6.61 Å². The van der Waals surface area contributed by atoms with E-state index in [1.807, 2.05) is 51.1 Å². The van der Waals surface area contributed by atoms with Gasteiger partial charge in [0.1, 0.15) is 12.6 Å². The van der Waals surface area contributed by atoms with Gasteiger partial charge in [-0.15, -0.1) is 6.58 Å². The van der Waals surface area contributed by atoms with Crippen molar-refractivity contribution >= 4 is 41.2 Å². The maximum absolute atomic E-state index is 13.0. The Morgan fingerprint density at radius 2 is 1.76 bits per heavy atom. The zero-order valence-corrected chi connectivity index (χ0v) is 25.0. The van der Waals surface area contributed by atoms with Crippen LogP contribution in [-0.2, 0) is 17.8 Å². The third kappa shape index (κ3) is 9.66. The van der Waals surface area contributed by atoms with E-state index in [0.29, 0.717) is 52.1 Å². The maximum atomic E-state index is 13.0. The first-order valence-corrected chi connectivity index (χ1v) is 14.1. The average molecular weight is 597 g/mol. The van der Waals surface area contributed by atoms with Gasteiger partial charge in [-0.1, -0.05) is 61.3 Å². The minimum Gasteiger partial charge on any atom is -0.490 e. The summed E-state index contributed by atoms with van der Waals surface area (Å²) in [5.74, 6) is 0.505. The van der Waals surface area contributed by atoms with Crippen molar-refractivity contribution in [1.29, 1.82) is 0 Å². The molecule has 0 saturated heterocycles. The van der Waals surface area contributed by atoms with Crippen molar-refractivity contribution in [1.82, 2.24) is 10.7 Å². The summed E-state index contributed by atoms with van der Waals surface area (Å²) in [6.07, 6.45) is 4.27. The molecule has 0 aliphatic carbocycles. The third-order valence-electron chi connectivity index (χ3n) is 5.97. The Balaban J connectivity index is 1.77. The number of hydrazone groups is 1. The molecule has 2 amide bonds. The van der Waals surface area contributed by atoms with Crippen molar-refractivity contribution in [3.05, 3.63) is 106 Å². The van der Waals surface area contributed by atoms with E-state index in [2.05, 4.69) is 22.4 Å². The molecule has 41 heavy (non-hydrogen) atoms. The lowest BCUT2D eigenvalue weighted by atomic mass is 10.0. The van der Waals surface area contributed by atoms with Gasteiger partial charge in [0.15, 0.2) is 11.5 Å². The van der Waals surface area contributed by atoms with Crippen LogP contribution >= 0.6 is 23.2 Å². The van der Waals surface area contributed by atoms with E-state index in [1.54, 1.807) is 36.4 Å². The smallest absolute Gasteiger partial charge is 0.262 e. The summed E-state index contributed by atoms with van der Waals surface area (Å²) in [6, 6.07) is 16.9. The molecule has 0 bridgehead atoms. The summed E-state index contributed by atoms with van der Waals surface area (Å²) in [5.41, 5.74) is 5.37. The van der Waals surface area contributed by atoms with Crippen LogP contribution in [0.15, 0.2) is 78.4 Å². The molecule has 0 radical (unpaired) electrons. The van der Waals surface area contributed by atoms with Gasteiger partial charge in [0.25, 0.3) is 11.8 Å². The summed E-state index contributed by atoms with van der Waals surface area (Å²) >= 11 is 12.2. The number of carbonyl (C=O) groups is 2. The molecule has 3 aromatic rings. The van der Waals surface area contributed by atoms with Crippen molar-refractivity contribution in [2.45, 2.75) is 46.3 Å². The fourth-order valence-electron chi connectivity index (χ4n) is 4.05. The first-order chi connectivity index (χ1) is 19.7. The van der Waals surface area contributed by atoms with Crippen LogP contribution < -0.4 is 20.2 Å². The van der Waals surface area contributed by atoms with Crippen LogP contribution in [0.2, 0.25) is 10.0 Å². The van der Waals surface area contributed by atoms with Crippen LogP contribution in [0.25, 0.3) is 0 Å². The van der Waals surface area contributed by atoms with E-state index >= 15 is 0 Å². The zero-order valence-electron chi connectivity index (χ0n) is 23.5. The monoisotopic (exact) mass is 595 g/mol. The zero-order chi connectivity index (χ0) is 29.8. The lowest BCUT2D eigenvalue weighted by Gasteiger charge is -2.19. The molecular weight excluding hydrogens is 561 g/mol.